The van der Waals surface area contributed by atoms with Crippen molar-refractivity contribution < 1.29 is 74.9 Å². The second-order valence-corrected chi connectivity index (χ2v) is 3.33. The fraction of sp³-hybridized carbons (Fsp3) is 0.667. The van der Waals surface area contributed by atoms with Crippen LogP contribution < -0.4 is 59.1 Å². The summed E-state index contributed by atoms with van der Waals surface area (Å²) in [5.41, 5.74) is 0. The molecule has 0 aliphatic rings. The van der Waals surface area contributed by atoms with Crippen LogP contribution in [-0.4, -0.2) is 13.0 Å². The molecule has 0 heterocycles. The molecule has 1 N–H and O–H groups in total. The van der Waals surface area contributed by atoms with Crippen molar-refractivity contribution in [3.8, 4) is 0 Å². The average Bonchev–Trinajstić information content (AvgIpc) is 1.78. The van der Waals surface area contributed by atoms with E-state index < -0.39 is 10.1 Å². The molecule has 0 aromatic heterocycles. The summed E-state index contributed by atoms with van der Waals surface area (Å²) in [7, 11) is -3.89. The van der Waals surface area contributed by atoms with E-state index in [1.54, 1.807) is 0 Å². The summed E-state index contributed by atoms with van der Waals surface area (Å²) >= 11 is 0. The first-order chi connectivity index (χ1) is 4.56. The summed E-state index contributed by atoms with van der Waals surface area (Å²) in [4.78, 5) is 0. The summed E-state index contributed by atoms with van der Waals surface area (Å²) in [6, 6.07) is 0. The van der Waals surface area contributed by atoms with Gasteiger partial charge in [0.15, 0.2) is 0 Å². The van der Waals surface area contributed by atoms with Gasteiger partial charge < -0.3 is 2.85 Å². The molecule has 0 radical (unpaired) electrons. The van der Waals surface area contributed by atoms with Crippen molar-refractivity contribution in [1.82, 2.24) is 0 Å². The van der Waals surface area contributed by atoms with Crippen LogP contribution in [0.2, 0.25) is 0 Å². The molecule has 12 heavy (non-hydrogen) atoms. The zero-order valence-corrected chi connectivity index (χ0v) is 12.8. The molecule has 0 rings (SSSR count). The first-order valence-corrected chi connectivity index (χ1v) is 4.70. The summed E-state index contributed by atoms with van der Waals surface area (Å²) in [5, 5.41) is 0.822. The SMILES string of the molecule is CCCCC=CS(=O)(=O)O.[H-].[H-].[Na+].[Na+]. The molecule has 0 unspecified atom stereocenters. The van der Waals surface area contributed by atoms with Gasteiger partial charge in [0.25, 0.3) is 10.1 Å². The van der Waals surface area contributed by atoms with Crippen molar-refractivity contribution in [2.24, 2.45) is 0 Å². The minimum atomic E-state index is -3.89. The maximum Gasteiger partial charge on any atom is 1.00 e. The molecule has 0 aliphatic heterocycles. The van der Waals surface area contributed by atoms with Crippen molar-refractivity contribution in [1.29, 1.82) is 0 Å². The fourth-order valence-corrected chi connectivity index (χ4v) is 0.891. The monoisotopic (exact) mass is 212 g/mol. The molecule has 64 valence electrons. The Labute approximate surface area is 121 Å². The summed E-state index contributed by atoms with van der Waals surface area (Å²) < 4.78 is 28.3. The topological polar surface area (TPSA) is 54.4 Å². The Bertz CT molecular complexity index is 207. The Balaban J connectivity index is -0.0000000675. The quantitative estimate of drug-likeness (QED) is 0.292. The zero-order valence-electron chi connectivity index (χ0n) is 9.95. The third kappa shape index (κ3) is 17.7. The van der Waals surface area contributed by atoms with Gasteiger partial charge in [-0.15, -0.1) is 0 Å². The van der Waals surface area contributed by atoms with Crippen LogP contribution in [0.1, 0.15) is 29.0 Å². The molecule has 0 aromatic rings. The number of hydrogen-bond donors (Lipinski definition) is 1. The minimum Gasteiger partial charge on any atom is -1.00 e. The van der Waals surface area contributed by atoms with E-state index in [1.165, 1.54) is 6.08 Å². The molecule has 0 spiro atoms. The molecule has 6 heteroatoms. The molecular formula is C6H14Na2O3S. The molecule has 3 nitrogen and oxygen atoms in total. The van der Waals surface area contributed by atoms with Gasteiger partial charge in [-0.25, -0.2) is 0 Å². The van der Waals surface area contributed by atoms with E-state index in [9.17, 15) is 8.42 Å². The van der Waals surface area contributed by atoms with Crippen LogP contribution in [-0.2, 0) is 10.1 Å². The average molecular weight is 212 g/mol. The number of allylic oxidation sites excluding steroid dienone is 1. The first-order valence-electron chi connectivity index (χ1n) is 3.20. The van der Waals surface area contributed by atoms with E-state index in [-0.39, 0.29) is 62.0 Å². The second-order valence-electron chi connectivity index (χ2n) is 2.03. The van der Waals surface area contributed by atoms with Crippen LogP contribution in [0.3, 0.4) is 0 Å². The maximum absolute atomic E-state index is 10.1. The van der Waals surface area contributed by atoms with E-state index >= 15 is 0 Å². The molecule has 0 atom stereocenters. The van der Waals surface area contributed by atoms with E-state index in [2.05, 4.69) is 0 Å². The Morgan fingerprint density at radius 3 is 2.25 bits per heavy atom. The molecule has 0 saturated carbocycles. The number of rotatable bonds is 4. The van der Waals surface area contributed by atoms with Crippen LogP contribution >= 0.6 is 0 Å². The van der Waals surface area contributed by atoms with Gasteiger partial charge in [-0.2, -0.15) is 8.42 Å². The van der Waals surface area contributed by atoms with Crippen LogP contribution in [0.4, 0.5) is 0 Å². The minimum absolute atomic E-state index is 0. The van der Waals surface area contributed by atoms with Crippen LogP contribution in [0, 0.1) is 0 Å². The Morgan fingerprint density at radius 1 is 1.42 bits per heavy atom. The Morgan fingerprint density at radius 2 is 1.92 bits per heavy atom. The predicted molar refractivity (Wildman–Crippen MR) is 42.4 cm³/mol. The van der Waals surface area contributed by atoms with Gasteiger partial charge in [0.05, 0.1) is 5.41 Å². The molecule has 0 bridgehead atoms. The summed E-state index contributed by atoms with van der Waals surface area (Å²) in [6.07, 6.45) is 4.14. The van der Waals surface area contributed by atoms with Gasteiger partial charge in [-0.05, 0) is 6.42 Å². The van der Waals surface area contributed by atoms with Crippen LogP contribution in [0.5, 0.6) is 0 Å². The Hall–Kier alpha value is 1.65. The van der Waals surface area contributed by atoms with Crippen molar-refractivity contribution in [3.63, 3.8) is 0 Å². The molecule has 0 saturated heterocycles. The Kier molecular flexibility index (Phi) is 17.2. The van der Waals surface area contributed by atoms with E-state index in [0.717, 1.165) is 18.2 Å². The van der Waals surface area contributed by atoms with Gasteiger partial charge in [-0.3, -0.25) is 4.55 Å². The molecule has 0 amide bonds. The van der Waals surface area contributed by atoms with Crippen LogP contribution in [0.15, 0.2) is 11.5 Å². The van der Waals surface area contributed by atoms with E-state index in [4.69, 9.17) is 4.55 Å². The van der Waals surface area contributed by atoms with E-state index in [1.807, 2.05) is 6.92 Å². The van der Waals surface area contributed by atoms with Gasteiger partial charge >= 0.3 is 59.1 Å². The standard InChI is InChI=1S/C6H12O3S.2Na.2H/c1-2-3-4-5-6-10(7,8)9;;;;/h5-6H,2-4H2,1H3,(H,7,8,9);;;;/q;2*+1;2*-1. The maximum atomic E-state index is 10.1. The van der Waals surface area contributed by atoms with Crippen LogP contribution in [0.25, 0.3) is 0 Å². The third-order valence-corrected chi connectivity index (χ3v) is 1.53. The number of hydrogen-bond acceptors (Lipinski definition) is 2. The van der Waals surface area contributed by atoms with Crippen molar-refractivity contribution in [2.45, 2.75) is 26.2 Å². The van der Waals surface area contributed by atoms with E-state index in [0.29, 0.717) is 6.42 Å². The van der Waals surface area contributed by atoms with Crippen molar-refractivity contribution in [2.75, 3.05) is 0 Å². The van der Waals surface area contributed by atoms with Crippen molar-refractivity contribution in [3.05, 3.63) is 11.5 Å². The third-order valence-electron chi connectivity index (χ3n) is 0.993. The number of unbranched alkanes of at least 4 members (excludes halogenated alkanes) is 2. The van der Waals surface area contributed by atoms with Gasteiger partial charge in [0.2, 0.25) is 0 Å². The second kappa shape index (κ2) is 10.7. The zero-order chi connectivity index (χ0) is 8.04. The fourth-order valence-electron chi connectivity index (χ4n) is 0.512. The van der Waals surface area contributed by atoms with Gasteiger partial charge in [-0.1, -0.05) is 25.8 Å². The largest absolute Gasteiger partial charge is 1.00 e. The predicted octanol–water partition coefficient (Wildman–Crippen LogP) is -4.19. The molecule has 0 aliphatic carbocycles. The molecular weight excluding hydrogens is 198 g/mol. The summed E-state index contributed by atoms with van der Waals surface area (Å²) in [6.45, 7) is 2.02. The molecule has 0 fully saturated rings. The normalized spacial score (nSPS) is 10.5. The first kappa shape index (κ1) is 19.3. The van der Waals surface area contributed by atoms with Gasteiger partial charge in [0, 0.05) is 0 Å². The smallest absolute Gasteiger partial charge is 1.00 e. The van der Waals surface area contributed by atoms with Crippen molar-refractivity contribution >= 4 is 10.1 Å². The molecule has 0 aromatic carbocycles. The van der Waals surface area contributed by atoms with Gasteiger partial charge in [0.1, 0.15) is 0 Å². The summed E-state index contributed by atoms with van der Waals surface area (Å²) in [5.74, 6) is 0.